The van der Waals surface area contributed by atoms with Crippen LogP contribution in [0.15, 0.2) is 30.3 Å². The highest BCUT2D eigenvalue weighted by atomic mass is 16.2. The molecule has 0 radical (unpaired) electrons. The standard InChI is InChI=1S/C16H25N3O/c1-17-10-7-14-8-11-19(12-9-14)13-16(20)18-15-5-3-2-4-6-15/h2-6,14,17H,7-13H2,1H3,(H,18,20). The number of carbonyl (C=O) groups is 1. The first kappa shape index (κ1) is 15.0. The van der Waals surface area contributed by atoms with E-state index in [1.807, 2.05) is 37.4 Å². The summed E-state index contributed by atoms with van der Waals surface area (Å²) in [5, 5.41) is 6.15. The Kier molecular flexibility index (Phi) is 6.02. The quantitative estimate of drug-likeness (QED) is 0.834. The Morgan fingerprint density at radius 2 is 1.95 bits per heavy atom. The molecule has 0 bridgehead atoms. The first-order valence-corrected chi connectivity index (χ1v) is 7.50. The van der Waals surface area contributed by atoms with Gasteiger partial charge in [-0.15, -0.1) is 0 Å². The summed E-state index contributed by atoms with van der Waals surface area (Å²) in [6, 6.07) is 9.65. The Hall–Kier alpha value is -1.39. The molecule has 20 heavy (non-hydrogen) atoms. The van der Waals surface area contributed by atoms with E-state index in [4.69, 9.17) is 0 Å². The Bertz CT molecular complexity index is 399. The van der Waals surface area contributed by atoms with E-state index < -0.39 is 0 Å². The average molecular weight is 275 g/mol. The number of nitrogens with one attached hydrogen (secondary N) is 2. The van der Waals surface area contributed by atoms with E-state index >= 15 is 0 Å². The van der Waals surface area contributed by atoms with Crippen LogP contribution in [0.4, 0.5) is 5.69 Å². The van der Waals surface area contributed by atoms with Gasteiger partial charge in [-0.25, -0.2) is 0 Å². The summed E-state index contributed by atoms with van der Waals surface area (Å²) in [5.41, 5.74) is 0.876. The molecule has 0 saturated carbocycles. The topological polar surface area (TPSA) is 44.4 Å². The monoisotopic (exact) mass is 275 g/mol. The van der Waals surface area contributed by atoms with Crippen LogP contribution >= 0.6 is 0 Å². The molecule has 0 aromatic heterocycles. The normalized spacial score (nSPS) is 17.1. The average Bonchev–Trinajstić information content (AvgIpc) is 2.47. The number of amides is 1. The molecule has 1 fully saturated rings. The van der Waals surface area contributed by atoms with Crippen LogP contribution in [0, 0.1) is 5.92 Å². The lowest BCUT2D eigenvalue weighted by molar-refractivity contribution is -0.117. The fourth-order valence-electron chi connectivity index (χ4n) is 2.71. The summed E-state index contributed by atoms with van der Waals surface area (Å²) in [7, 11) is 2.00. The van der Waals surface area contributed by atoms with Crippen molar-refractivity contribution in [2.24, 2.45) is 5.92 Å². The zero-order chi connectivity index (χ0) is 14.2. The largest absolute Gasteiger partial charge is 0.325 e. The summed E-state index contributed by atoms with van der Waals surface area (Å²) in [6.07, 6.45) is 3.67. The molecule has 0 spiro atoms. The zero-order valence-corrected chi connectivity index (χ0v) is 12.3. The smallest absolute Gasteiger partial charge is 0.238 e. The molecule has 1 aromatic carbocycles. The number of piperidine rings is 1. The van der Waals surface area contributed by atoms with Crippen molar-refractivity contribution in [3.8, 4) is 0 Å². The molecule has 1 amide bonds. The molecule has 2 N–H and O–H groups in total. The van der Waals surface area contributed by atoms with Crippen molar-refractivity contribution in [2.45, 2.75) is 19.3 Å². The summed E-state index contributed by atoms with van der Waals surface area (Å²) in [6.45, 7) is 3.68. The van der Waals surface area contributed by atoms with Gasteiger partial charge in [0.05, 0.1) is 6.54 Å². The van der Waals surface area contributed by atoms with Crippen molar-refractivity contribution in [1.29, 1.82) is 0 Å². The molecule has 1 aliphatic heterocycles. The van der Waals surface area contributed by atoms with Crippen LogP contribution < -0.4 is 10.6 Å². The van der Waals surface area contributed by atoms with Gasteiger partial charge in [0.1, 0.15) is 0 Å². The second-order valence-electron chi connectivity index (χ2n) is 5.53. The third-order valence-electron chi connectivity index (χ3n) is 3.93. The second-order valence-corrected chi connectivity index (χ2v) is 5.53. The van der Waals surface area contributed by atoms with Crippen molar-refractivity contribution >= 4 is 11.6 Å². The number of para-hydroxylation sites is 1. The summed E-state index contributed by atoms with van der Waals surface area (Å²) < 4.78 is 0. The van der Waals surface area contributed by atoms with Crippen LogP contribution in [0.5, 0.6) is 0 Å². The van der Waals surface area contributed by atoms with E-state index in [0.29, 0.717) is 6.54 Å². The van der Waals surface area contributed by atoms with Crippen LogP contribution in [0.1, 0.15) is 19.3 Å². The van der Waals surface area contributed by atoms with Gasteiger partial charge in [0, 0.05) is 5.69 Å². The minimum absolute atomic E-state index is 0.0878. The number of hydrogen-bond acceptors (Lipinski definition) is 3. The minimum Gasteiger partial charge on any atom is -0.325 e. The molecule has 0 unspecified atom stereocenters. The predicted octanol–water partition coefficient (Wildman–Crippen LogP) is 1.95. The first-order valence-electron chi connectivity index (χ1n) is 7.50. The van der Waals surface area contributed by atoms with E-state index in [1.165, 1.54) is 19.3 Å². The van der Waals surface area contributed by atoms with Gasteiger partial charge in [-0.1, -0.05) is 18.2 Å². The molecule has 1 aliphatic rings. The third-order valence-corrected chi connectivity index (χ3v) is 3.93. The van der Waals surface area contributed by atoms with Crippen LogP contribution in [-0.4, -0.2) is 44.0 Å². The Labute approximate surface area is 121 Å². The highest BCUT2D eigenvalue weighted by Gasteiger charge is 2.20. The summed E-state index contributed by atoms with van der Waals surface area (Å²) >= 11 is 0. The van der Waals surface area contributed by atoms with E-state index in [1.54, 1.807) is 0 Å². The maximum Gasteiger partial charge on any atom is 0.238 e. The lowest BCUT2D eigenvalue weighted by Crippen LogP contribution is -2.39. The second kappa shape index (κ2) is 8.02. The van der Waals surface area contributed by atoms with Crippen LogP contribution in [0.2, 0.25) is 0 Å². The van der Waals surface area contributed by atoms with Gasteiger partial charge in [-0.2, -0.15) is 0 Å². The fraction of sp³-hybridized carbons (Fsp3) is 0.562. The molecular formula is C16H25N3O. The maximum atomic E-state index is 12.0. The van der Waals surface area contributed by atoms with E-state index in [0.717, 1.165) is 31.2 Å². The maximum absolute atomic E-state index is 12.0. The highest BCUT2D eigenvalue weighted by molar-refractivity contribution is 5.92. The Balaban J connectivity index is 1.68. The lowest BCUT2D eigenvalue weighted by Gasteiger charge is -2.31. The molecule has 0 aliphatic carbocycles. The van der Waals surface area contributed by atoms with Gasteiger partial charge in [-0.3, -0.25) is 9.69 Å². The van der Waals surface area contributed by atoms with Gasteiger partial charge in [0.25, 0.3) is 0 Å². The van der Waals surface area contributed by atoms with Crippen molar-refractivity contribution in [1.82, 2.24) is 10.2 Å². The van der Waals surface area contributed by atoms with E-state index in [2.05, 4.69) is 15.5 Å². The van der Waals surface area contributed by atoms with Gasteiger partial charge >= 0.3 is 0 Å². The predicted molar refractivity (Wildman–Crippen MR) is 82.8 cm³/mol. The molecule has 1 aromatic rings. The van der Waals surface area contributed by atoms with E-state index in [-0.39, 0.29) is 5.91 Å². The van der Waals surface area contributed by atoms with E-state index in [9.17, 15) is 4.79 Å². The van der Waals surface area contributed by atoms with Crippen molar-refractivity contribution in [2.75, 3.05) is 38.5 Å². The Morgan fingerprint density at radius 1 is 1.25 bits per heavy atom. The molecule has 110 valence electrons. The van der Waals surface area contributed by atoms with Crippen LogP contribution in [0.3, 0.4) is 0 Å². The molecular weight excluding hydrogens is 250 g/mol. The lowest BCUT2D eigenvalue weighted by atomic mass is 9.93. The number of anilines is 1. The number of hydrogen-bond donors (Lipinski definition) is 2. The molecule has 1 saturated heterocycles. The van der Waals surface area contributed by atoms with Crippen molar-refractivity contribution in [3.05, 3.63) is 30.3 Å². The van der Waals surface area contributed by atoms with Crippen LogP contribution in [-0.2, 0) is 4.79 Å². The number of likely N-dealkylation sites (tertiary alicyclic amines) is 1. The Morgan fingerprint density at radius 3 is 2.60 bits per heavy atom. The van der Waals surface area contributed by atoms with Crippen LogP contribution in [0.25, 0.3) is 0 Å². The zero-order valence-electron chi connectivity index (χ0n) is 12.3. The highest BCUT2D eigenvalue weighted by Crippen LogP contribution is 2.19. The number of carbonyl (C=O) groups excluding carboxylic acids is 1. The minimum atomic E-state index is 0.0878. The molecule has 0 atom stereocenters. The van der Waals surface area contributed by atoms with Gasteiger partial charge in [0.15, 0.2) is 0 Å². The molecule has 4 heteroatoms. The third kappa shape index (κ3) is 4.94. The number of rotatable bonds is 6. The molecule has 2 rings (SSSR count). The van der Waals surface area contributed by atoms with Crippen molar-refractivity contribution < 1.29 is 4.79 Å². The molecule has 4 nitrogen and oxygen atoms in total. The van der Waals surface area contributed by atoms with Gasteiger partial charge in [0.2, 0.25) is 5.91 Å². The first-order chi connectivity index (χ1) is 9.78. The number of benzene rings is 1. The van der Waals surface area contributed by atoms with Gasteiger partial charge in [-0.05, 0) is 64.0 Å². The SMILES string of the molecule is CNCCC1CCN(CC(=O)Nc2ccccc2)CC1. The van der Waals surface area contributed by atoms with Crippen molar-refractivity contribution in [3.63, 3.8) is 0 Å². The summed E-state index contributed by atoms with van der Waals surface area (Å²) in [4.78, 5) is 14.2. The molecule has 1 heterocycles. The number of nitrogens with zero attached hydrogens (tertiary/aromatic N) is 1. The summed E-state index contributed by atoms with van der Waals surface area (Å²) in [5.74, 6) is 0.903. The fourth-order valence-corrected chi connectivity index (χ4v) is 2.71. The van der Waals surface area contributed by atoms with Gasteiger partial charge < -0.3 is 10.6 Å².